The molecule has 0 saturated heterocycles. The molecule has 5 nitrogen and oxygen atoms in total. The minimum atomic E-state index is 0.115. The molecule has 108 valence electrons. The van der Waals surface area contributed by atoms with E-state index in [-0.39, 0.29) is 5.91 Å². The molecule has 2 aromatic rings. The quantitative estimate of drug-likeness (QED) is 0.815. The number of aromatic nitrogens is 2. The molecule has 2 N–H and O–H groups in total. The summed E-state index contributed by atoms with van der Waals surface area (Å²) in [5, 5.41) is 2.91. The number of benzene rings is 1. The summed E-state index contributed by atoms with van der Waals surface area (Å²) in [6.07, 6.45) is 3.29. The van der Waals surface area contributed by atoms with Gasteiger partial charge >= 0.3 is 0 Å². The van der Waals surface area contributed by atoms with Gasteiger partial charge < -0.3 is 15.0 Å². The number of ether oxygens (including phenoxy) is 1. The first-order valence-corrected chi connectivity index (χ1v) is 7.02. The van der Waals surface area contributed by atoms with Gasteiger partial charge in [0.25, 0.3) is 0 Å². The topological polar surface area (TPSA) is 67.0 Å². The second-order valence-electron chi connectivity index (χ2n) is 4.77. The number of aromatic amines is 1. The Morgan fingerprint density at radius 3 is 3.05 bits per heavy atom. The van der Waals surface area contributed by atoms with Gasteiger partial charge in [-0.15, -0.1) is 0 Å². The monoisotopic (exact) mass is 275 g/mol. The zero-order valence-corrected chi connectivity index (χ0v) is 12.0. The number of hydrogen-bond acceptors (Lipinski definition) is 3. The molecule has 0 unspecified atom stereocenters. The van der Waals surface area contributed by atoms with E-state index in [4.69, 9.17) is 4.74 Å². The summed E-state index contributed by atoms with van der Waals surface area (Å²) in [5.74, 6) is 1.80. The van der Waals surface area contributed by atoms with Crippen LogP contribution in [0.5, 0.6) is 5.75 Å². The summed E-state index contributed by atoms with van der Waals surface area (Å²) in [6.45, 7) is 2.69. The number of rotatable bonds is 7. The molecule has 0 aliphatic rings. The number of unbranched alkanes of at least 4 members (excludes halogenated alkanes) is 1. The van der Waals surface area contributed by atoms with Crippen molar-refractivity contribution in [2.75, 3.05) is 13.7 Å². The zero-order valence-electron chi connectivity index (χ0n) is 12.0. The molecule has 0 fully saturated rings. The minimum absolute atomic E-state index is 0.115. The molecule has 0 radical (unpaired) electrons. The Balaban J connectivity index is 1.88. The van der Waals surface area contributed by atoms with Crippen molar-refractivity contribution in [1.82, 2.24) is 15.3 Å². The van der Waals surface area contributed by atoms with Crippen LogP contribution in [0.3, 0.4) is 0 Å². The van der Waals surface area contributed by atoms with Crippen LogP contribution in [0.4, 0.5) is 0 Å². The highest BCUT2D eigenvalue weighted by Crippen LogP contribution is 2.18. The average Bonchev–Trinajstić information content (AvgIpc) is 2.86. The van der Waals surface area contributed by atoms with E-state index in [1.165, 1.54) is 0 Å². The highest BCUT2D eigenvalue weighted by molar-refractivity contribution is 5.77. The molecule has 1 aromatic carbocycles. The fourth-order valence-corrected chi connectivity index (χ4v) is 2.03. The highest BCUT2D eigenvalue weighted by Gasteiger charge is 2.05. The number of carbonyl (C=O) groups is 1. The van der Waals surface area contributed by atoms with Crippen LogP contribution in [0.1, 0.15) is 32.0 Å². The maximum Gasteiger partial charge on any atom is 0.220 e. The molecule has 0 saturated carbocycles. The van der Waals surface area contributed by atoms with Gasteiger partial charge in [-0.25, -0.2) is 4.98 Å². The fraction of sp³-hybridized carbons (Fsp3) is 0.467. The highest BCUT2D eigenvalue weighted by atomic mass is 16.5. The van der Waals surface area contributed by atoms with Crippen LogP contribution in [0.25, 0.3) is 11.0 Å². The van der Waals surface area contributed by atoms with E-state index in [0.29, 0.717) is 19.4 Å². The molecular formula is C15H21N3O2. The smallest absolute Gasteiger partial charge is 0.220 e. The average molecular weight is 275 g/mol. The number of nitrogens with zero attached hydrogens (tertiary/aromatic N) is 1. The van der Waals surface area contributed by atoms with Crippen LogP contribution in [-0.4, -0.2) is 29.5 Å². The third-order valence-corrected chi connectivity index (χ3v) is 3.18. The van der Waals surface area contributed by atoms with Gasteiger partial charge in [-0.1, -0.05) is 13.3 Å². The summed E-state index contributed by atoms with van der Waals surface area (Å²) in [5.41, 5.74) is 1.87. The van der Waals surface area contributed by atoms with Gasteiger partial charge in [0.05, 0.1) is 18.1 Å². The van der Waals surface area contributed by atoms with Gasteiger partial charge in [0, 0.05) is 25.5 Å². The summed E-state index contributed by atoms with van der Waals surface area (Å²) >= 11 is 0. The number of methoxy groups -OCH3 is 1. The lowest BCUT2D eigenvalue weighted by Gasteiger charge is -2.02. The third-order valence-electron chi connectivity index (χ3n) is 3.18. The van der Waals surface area contributed by atoms with E-state index < -0.39 is 0 Å². The van der Waals surface area contributed by atoms with Crippen molar-refractivity contribution >= 4 is 16.9 Å². The van der Waals surface area contributed by atoms with E-state index in [1.807, 2.05) is 18.2 Å². The molecule has 0 aliphatic heterocycles. The van der Waals surface area contributed by atoms with Crippen molar-refractivity contribution in [3.8, 4) is 5.75 Å². The van der Waals surface area contributed by atoms with E-state index in [1.54, 1.807) is 7.11 Å². The van der Waals surface area contributed by atoms with Crippen molar-refractivity contribution in [3.05, 3.63) is 24.0 Å². The van der Waals surface area contributed by atoms with Crippen molar-refractivity contribution in [2.24, 2.45) is 0 Å². The van der Waals surface area contributed by atoms with Crippen molar-refractivity contribution in [2.45, 2.75) is 32.6 Å². The lowest BCUT2D eigenvalue weighted by molar-refractivity contribution is -0.121. The number of nitrogens with one attached hydrogen (secondary N) is 2. The number of hydrogen-bond donors (Lipinski definition) is 2. The minimum Gasteiger partial charge on any atom is -0.497 e. The number of H-pyrrole nitrogens is 1. The summed E-state index contributed by atoms with van der Waals surface area (Å²) in [6, 6.07) is 5.74. The number of amides is 1. The summed E-state index contributed by atoms with van der Waals surface area (Å²) in [4.78, 5) is 19.2. The largest absolute Gasteiger partial charge is 0.497 e. The molecule has 20 heavy (non-hydrogen) atoms. The molecule has 5 heteroatoms. The van der Waals surface area contributed by atoms with Crippen LogP contribution in [-0.2, 0) is 11.2 Å². The van der Waals surface area contributed by atoms with Crippen molar-refractivity contribution in [3.63, 3.8) is 0 Å². The second kappa shape index (κ2) is 6.93. The lowest BCUT2D eigenvalue weighted by Crippen LogP contribution is -2.25. The molecule has 0 spiro atoms. The Labute approximate surface area is 118 Å². The van der Waals surface area contributed by atoms with Crippen LogP contribution in [0.2, 0.25) is 0 Å². The van der Waals surface area contributed by atoms with E-state index in [2.05, 4.69) is 22.2 Å². The molecule has 2 rings (SSSR count). The number of fused-ring (bicyclic) bond motifs is 1. The Bertz CT molecular complexity index is 578. The second-order valence-corrected chi connectivity index (χ2v) is 4.77. The van der Waals surface area contributed by atoms with E-state index in [0.717, 1.165) is 35.4 Å². The number of imidazole rings is 1. The first-order chi connectivity index (χ1) is 9.72. The fourth-order valence-electron chi connectivity index (χ4n) is 2.03. The SMILES string of the molecule is CCCCC(=O)NCCc1nc2ccc(OC)cc2[nH]1. The molecule has 0 atom stereocenters. The van der Waals surface area contributed by atoms with Crippen LogP contribution >= 0.6 is 0 Å². The summed E-state index contributed by atoms with van der Waals surface area (Å²) < 4.78 is 5.18. The van der Waals surface area contributed by atoms with Gasteiger partial charge in [-0.3, -0.25) is 4.79 Å². The third kappa shape index (κ3) is 3.73. The number of carbonyl (C=O) groups excluding carboxylic acids is 1. The molecule has 0 aliphatic carbocycles. The summed E-state index contributed by atoms with van der Waals surface area (Å²) in [7, 11) is 1.64. The molecule has 1 amide bonds. The van der Waals surface area contributed by atoms with Gasteiger partial charge in [-0.05, 0) is 18.6 Å². The molecule has 0 bridgehead atoms. The molecular weight excluding hydrogens is 254 g/mol. The maximum atomic E-state index is 11.5. The Morgan fingerprint density at radius 2 is 2.30 bits per heavy atom. The van der Waals surface area contributed by atoms with Crippen molar-refractivity contribution in [1.29, 1.82) is 0 Å². The zero-order chi connectivity index (χ0) is 14.4. The van der Waals surface area contributed by atoms with Crippen LogP contribution in [0, 0.1) is 0 Å². The van der Waals surface area contributed by atoms with Gasteiger partial charge in [-0.2, -0.15) is 0 Å². The van der Waals surface area contributed by atoms with Crippen LogP contribution in [0.15, 0.2) is 18.2 Å². The Hall–Kier alpha value is -2.04. The van der Waals surface area contributed by atoms with Gasteiger partial charge in [0.1, 0.15) is 11.6 Å². The van der Waals surface area contributed by atoms with Crippen molar-refractivity contribution < 1.29 is 9.53 Å². The van der Waals surface area contributed by atoms with E-state index in [9.17, 15) is 4.79 Å². The standard InChI is InChI=1S/C15H21N3O2/c1-3-4-5-15(19)16-9-8-14-17-12-7-6-11(20-2)10-13(12)18-14/h6-7,10H,3-5,8-9H2,1-2H3,(H,16,19)(H,17,18). The first kappa shape index (κ1) is 14.4. The van der Waals surface area contributed by atoms with Crippen LogP contribution < -0.4 is 10.1 Å². The van der Waals surface area contributed by atoms with Gasteiger partial charge in [0.15, 0.2) is 0 Å². The first-order valence-electron chi connectivity index (χ1n) is 7.02. The predicted molar refractivity (Wildman–Crippen MR) is 78.9 cm³/mol. The maximum absolute atomic E-state index is 11.5. The van der Waals surface area contributed by atoms with E-state index >= 15 is 0 Å². The Morgan fingerprint density at radius 1 is 1.45 bits per heavy atom. The predicted octanol–water partition coefficient (Wildman–Crippen LogP) is 2.42. The molecule has 1 heterocycles. The lowest BCUT2D eigenvalue weighted by atomic mass is 10.2. The normalized spacial score (nSPS) is 10.7. The van der Waals surface area contributed by atoms with Gasteiger partial charge in [0.2, 0.25) is 5.91 Å². The molecule has 1 aromatic heterocycles. The Kier molecular flexibility index (Phi) is 4.98.